The molecule has 0 saturated heterocycles. The zero-order valence-electron chi connectivity index (χ0n) is 5.50. The van der Waals surface area contributed by atoms with Crippen LogP contribution in [-0.2, 0) is 0 Å². The Morgan fingerprint density at radius 2 is 2.10 bits per heavy atom. The van der Waals surface area contributed by atoms with E-state index in [1.165, 1.54) is 10.4 Å². The van der Waals surface area contributed by atoms with Gasteiger partial charge in [-0.15, -0.1) is 11.3 Å². The average molecular weight is 147 g/mol. The third-order valence-electron chi connectivity index (χ3n) is 1.56. The zero-order chi connectivity index (χ0) is 6.97. The molecule has 0 bridgehead atoms. The van der Waals surface area contributed by atoms with Crippen molar-refractivity contribution < 1.29 is 0 Å². The molecule has 1 heteroatoms. The lowest BCUT2D eigenvalue weighted by atomic mass is 10.2. The zero-order valence-corrected chi connectivity index (χ0v) is 6.32. The first kappa shape index (κ1) is 5.93. The molecule has 1 radical (unpaired) electrons. The highest BCUT2D eigenvalue weighted by molar-refractivity contribution is 7.13. The van der Waals surface area contributed by atoms with Crippen molar-refractivity contribution >= 4 is 11.3 Å². The van der Waals surface area contributed by atoms with Crippen molar-refractivity contribution in [3.8, 4) is 10.4 Å². The lowest BCUT2D eigenvalue weighted by molar-refractivity contribution is 1.80. The Bertz CT molecular complexity index is 309. The van der Waals surface area contributed by atoms with Crippen LogP contribution in [0.3, 0.4) is 0 Å². The van der Waals surface area contributed by atoms with E-state index in [0.29, 0.717) is 0 Å². The lowest BCUT2D eigenvalue weighted by Gasteiger charge is -1.95. The molecule has 0 unspecified atom stereocenters. The van der Waals surface area contributed by atoms with Gasteiger partial charge in [0.25, 0.3) is 0 Å². The summed E-state index contributed by atoms with van der Waals surface area (Å²) in [6, 6.07) is 8.34. The molecule has 0 saturated carbocycles. The van der Waals surface area contributed by atoms with Crippen LogP contribution in [0.2, 0.25) is 0 Å². The van der Waals surface area contributed by atoms with Gasteiger partial charge in [0, 0.05) is 4.88 Å². The molecule has 2 rings (SSSR count). The molecule has 49 valence electrons. The summed E-state index contributed by atoms with van der Waals surface area (Å²) in [4.78, 5) is 1.31. The van der Waals surface area contributed by atoms with E-state index in [0.717, 1.165) is 5.56 Å². The molecule has 1 heterocycles. The van der Waals surface area contributed by atoms with Crippen LogP contribution in [0.4, 0.5) is 0 Å². The van der Waals surface area contributed by atoms with Crippen LogP contribution in [0.15, 0.2) is 29.6 Å². The molecule has 0 aromatic rings. The van der Waals surface area contributed by atoms with Gasteiger partial charge in [-0.2, -0.15) is 0 Å². The van der Waals surface area contributed by atoms with Crippen LogP contribution in [0.1, 0.15) is 5.56 Å². The highest BCUT2D eigenvalue weighted by Gasteiger charge is 2.03. The normalized spacial score (nSPS) is 10.5. The summed E-state index contributed by atoms with van der Waals surface area (Å²) in [6.45, 7) is 3.92. The second kappa shape index (κ2) is 2.10. The Hall–Kier alpha value is -0.820. The van der Waals surface area contributed by atoms with Crippen molar-refractivity contribution in [2.75, 3.05) is 0 Å². The molecule has 0 N–H and O–H groups in total. The van der Waals surface area contributed by atoms with Gasteiger partial charge in [0.2, 0.25) is 0 Å². The summed E-state index contributed by atoms with van der Waals surface area (Å²) in [6.07, 6.45) is 0. The van der Waals surface area contributed by atoms with Gasteiger partial charge in [-0.1, -0.05) is 24.3 Å². The molecular weight excluding hydrogens is 140 g/mol. The number of hydrogen-bond donors (Lipinski definition) is 0. The van der Waals surface area contributed by atoms with Gasteiger partial charge in [0.1, 0.15) is 0 Å². The molecule has 0 spiro atoms. The number of fused-ring (bicyclic) bond motifs is 1. The molecule has 0 amide bonds. The second-order valence-corrected chi connectivity index (χ2v) is 3.17. The van der Waals surface area contributed by atoms with Crippen molar-refractivity contribution in [3.63, 3.8) is 0 Å². The molecule has 0 aromatic carbocycles. The van der Waals surface area contributed by atoms with E-state index in [2.05, 4.69) is 36.6 Å². The van der Waals surface area contributed by atoms with Gasteiger partial charge in [-0.3, -0.25) is 0 Å². The van der Waals surface area contributed by atoms with Crippen molar-refractivity contribution in [1.82, 2.24) is 0 Å². The molecule has 0 atom stereocenters. The summed E-state index contributed by atoms with van der Waals surface area (Å²) >= 11 is 1.75. The third kappa shape index (κ3) is 0.745. The van der Waals surface area contributed by atoms with Crippen LogP contribution >= 0.6 is 11.3 Å². The van der Waals surface area contributed by atoms with Crippen molar-refractivity contribution in [2.45, 2.75) is 0 Å². The van der Waals surface area contributed by atoms with Crippen LogP contribution in [0.25, 0.3) is 10.4 Å². The first-order valence-corrected chi connectivity index (χ1v) is 4.04. The molecule has 10 heavy (non-hydrogen) atoms. The largest absolute Gasteiger partial charge is 0.144 e. The SMILES string of the molecule is [CH2]c1ccc2cccsc1-2. The van der Waals surface area contributed by atoms with Gasteiger partial charge in [-0.05, 0) is 23.4 Å². The maximum Gasteiger partial charge on any atom is 0.0374 e. The van der Waals surface area contributed by atoms with E-state index in [9.17, 15) is 0 Å². The average Bonchev–Trinajstić information content (AvgIpc) is 2.34. The van der Waals surface area contributed by atoms with Gasteiger partial charge in [-0.25, -0.2) is 0 Å². The van der Waals surface area contributed by atoms with Crippen LogP contribution in [0, 0.1) is 6.92 Å². The predicted molar refractivity (Wildman–Crippen MR) is 45.4 cm³/mol. The Kier molecular flexibility index (Phi) is 1.24. The predicted octanol–water partition coefficient (Wildman–Crippen LogP) is 3.04. The highest BCUT2D eigenvalue weighted by Crippen LogP contribution is 2.30. The Labute approximate surface area is 64.5 Å². The molecular formula is C9H7S. The summed E-state index contributed by atoms with van der Waals surface area (Å²) < 4.78 is 0. The smallest absolute Gasteiger partial charge is 0.0374 e. The Morgan fingerprint density at radius 3 is 2.90 bits per heavy atom. The van der Waals surface area contributed by atoms with Gasteiger partial charge < -0.3 is 0 Å². The van der Waals surface area contributed by atoms with E-state index in [1.54, 1.807) is 11.3 Å². The molecule has 0 fully saturated rings. The van der Waals surface area contributed by atoms with E-state index in [1.807, 2.05) is 0 Å². The summed E-state index contributed by atoms with van der Waals surface area (Å²) in [5.41, 5.74) is 2.44. The van der Waals surface area contributed by atoms with E-state index in [4.69, 9.17) is 0 Å². The van der Waals surface area contributed by atoms with Crippen molar-refractivity contribution in [3.05, 3.63) is 42.1 Å². The number of rotatable bonds is 0. The van der Waals surface area contributed by atoms with Gasteiger partial charge in [0.15, 0.2) is 0 Å². The minimum atomic E-state index is 1.14. The Morgan fingerprint density at radius 1 is 1.20 bits per heavy atom. The van der Waals surface area contributed by atoms with Crippen LogP contribution in [-0.4, -0.2) is 0 Å². The highest BCUT2D eigenvalue weighted by atomic mass is 32.1. The first-order valence-electron chi connectivity index (χ1n) is 3.16. The van der Waals surface area contributed by atoms with E-state index in [-0.39, 0.29) is 0 Å². The second-order valence-electron chi connectivity index (χ2n) is 2.26. The van der Waals surface area contributed by atoms with E-state index < -0.39 is 0 Å². The van der Waals surface area contributed by atoms with Crippen molar-refractivity contribution in [2.24, 2.45) is 0 Å². The fourth-order valence-electron chi connectivity index (χ4n) is 1.05. The van der Waals surface area contributed by atoms with Gasteiger partial charge >= 0.3 is 0 Å². The standard InChI is InChI=1S/C9H7S/c1-7-4-5-8-3-2-6-10-9(7)8/h2-6H,1H2. The van der Waals surface area contributed by atoms with E-state index >= 15 is 0 Å². The maximum atomic E-state index is 3.92. The minimum Gasteiger partial charge on any atom is -0.144 e. The monoisotopic (exact) mass is 147 g/mol. The molecule has 0 nitrogen and oxygen atoms in total. The summed E-state index contributed by atoms with van der Waals surface area (Å²) in [7, 11) is 0. The lowest BCUT2D eigenvalue weighted by Crippen LogP contribution is -1.68. The summed E-state index contributed by atoms with van der Waals surface area (Å²) in [5, 5.41) is 2.08. The molecule has 1 aliphatic carbocycles. The van der Waals surface area contributed by atoms with Gasteiger partial charge in [0.05, 0.1) is 0 Å². The van der Waals surface area contributed by atoms with Crippen molar-refractivity contribution in [1.29, 1.82) is 0 Å². The topological polar surface area (TPSA) is 0 Å². The first-order chi connectivity index (χ1) is 4.88. The fourth-order valence-corrected chi connectivity index (χ4v) is 1.84. The minimum absolute atomic E-state index is 1.14. The van der Waals surface area contributed by atoms with Crippen LogP contribution < -0.4 is 0 Å². The van der Waals surface area contributed by atoms with Crippen LogP contribution in [0.5, 0.6) is 0 Å². The molecule has 2 aliphatic rings. The molecule has 0 aromatic heterocycles. The third-order valence-corrected chi connectivity index (χ3v) is 2.58. The number of hydrogen-bond acceptors (Lipinski definition) is 1. The Balaban J connectivity index is 2.78. The molecule has 1 aliphatic heterocycles. The quantitative estimate of drug-likeness (QED) is 0.537. The maximum absolute atomic E-state index is 3.92. The summed E-state index contributed by atoms with van der Waals surface area (Å²) in [5.74, 6) is 0. The fraction of sp³-hybridized carbons (Fsp3) is 0.